The smallest absolute Gasteiger partial charge is 0.177 e. The number of halogens is 2. The lowest BCUT2D eigenvalue weighted by Gasteiger charge is -2.05. The normalized spacial score (nSPS) is 10.8. The Kier molecular flexibility index (Phi) is 3.17. The minimum atomic E-state index is -0.710. The molecule has 0 bridgehead atoms. The number of aryl methyl sites for hydroxylation is 1. The average Bonchev–Trinajstić information content (AvgIpc) is 2.82. The van der Waals surface area contributed by atoms with Crippen molar-refractivity contribution in [1.82, 2.24) is 5.16 Å². The largest absolute Gasteiger partial charge is 0.380 e. The van der Waals surface area contributed by atoms with E-state index in [9.17, 15) is 8.78 Å². The first-order valence-electron chi connectivity index (χ1n) is 6.34. The Labute approximate surface area is 120 Å². The summed E-state index contributed by atoms with van der Waals surface area (Å²) in [5.74, 6) is -0.935. The van der Waals surface area contributed by atoms with Crippen LogP contribution in [0.3, 0.4) is 0 Å². The molecule has 0 spiro atoms. The van der Waals surface area contributed by atoms with Crippen molar-refractivity contribution in [2.45, 2.75) is 6.92 Å². The number of hydrogen-bond acceptors (Lipinski definition) is 3. The molecule has 0 aliphatic heterocycles. The third-order valence-electron chi connectivity index (χ3n) is 3.23. The number of nitrogens with two attached hydrogens (primary N) is 1. The van der Waals surface area contributed by atoms with Crippen molar-refractivity contribution < 1.29 is 13.3 Å². The minimum Gasteiger partial charge on any atom is -0.380 e. The van der Waals surface area contributed by atoms with Gasteiger partial charge in [-0.3, -0.25) is 0 Å². The van der Waals surface area contributed by atoms with Crippen LogP contribution in [0.1, 0.15) is 5.56 Å². The number of benzene rings is 2. The molecule has 1 heterocycles. The molecule has 2 aromatic carbocycles. The van der Waals surface area contributed by atoms with E-state index in [2.05, 4.69) is 5.16 Å². The minimum absolute atomic E-state index is 0.0658. The third kappa shape index (κ3) is 2.38. The molecule has 0 amide bonds. The predicted octanol–water partition coefficient (Wildman–Crippen LogP) is 4.18. The molecule has 0 atom stereocenters. The Morgan fingerprint density at radius 3 is 2.43 bits per heavy atom. The number of nitrogen functional groups attached to an aromatic ring is 1. The van der Waals surface area contributed by atoms with Gasteiger partial charge in [0.2, 0.25) is 0 Å². The molecule has 2 N–H and O–H groups in total. The zero-order valence-corrected chi connectivity index (χ0v) is 11.2. The lowest BCUT2D eigenvalue weighted by atomic mass is 10.0. The lowest BCUT2D eigenvalue weighted by Crippen LogP contribution is -1.92. The fourth-order valence-electron chi connectivity index (χ4n) is 2.16. The van der Waals surface area contributed by atoms with Crippen LogP contribution in [0, 0.1) is 18.6 Å². The van der Waals surface area contributed by atoms with Gasteiger partial charge in [0, 0.05) is 17.2 Å². The summed E-state index contributed by atoms with van der Waals surface area (Å²) >= 11 is 0. The first-order valence-corrected chi connectivity index (χ1v) is 6.34. The maximum Gasteiger partial charge on any atom is 0.177 e. The average molecular weight is 286 g/mol. The Hall–Kier alpha value is -2.69. The molecule has 0 unspecified atom stereocenters. The summed E-state index contributed by atoms with van der Waals surface area (Å²) in [5, 5.41) is 3.70. The summed E-state index contributed by atoms with van der Waals surface area (Å²) in [4.78, 5) is 0. The highest BCUT2D eigenvalue weighted by molar-refractivity contribution is 5.86. The molecule has 3 aromatic rings. The Morgan fingerprint density at radius 2 is 1.76 bits per heavy atom. The van der Waals surface area contributed by atoms with Gasteiger partial charge in [-0.2, -0.15) is 0 Å². The van der Waals surface area contributed by atoms with Gasteiger partial charge < -0.3 is 10.3 Å². The summed E-state index contributed by atoms with van der Waals surface area (Å²) in [7, 11) is 0. The molecule has 0 saturated heterocycles. The third-order valence-corrected chi connectivity index (χ3v) is 3.23. The second-order valence-electron chi connectivity index (χ2n) is 4.76. The van der Waals surface area contributed by atoms with Gasteiger partial charge in [0.15, 0.2) is 11.6 Å². The molecule has 3 rings (SSSR count). The monoisotopic (exact) mass is 286 g/mol. The molecule has 106 valence electrons. The highest BCUT2D eigenvalue weighted by Crippen LogP contribution is 2.37. The highest BCUT2D eigenvalue weighted by atomic mass is 19.1. The van der Waals surface area contributed by atoms with Crippen LogP contribution in [0.5, 0.6) is 0 Å². The summed E-state index contributed by atoms with van der Waals surface area (Å²) in [6.45, 7) is 1.96. The van der Waals surface area contributed by atoms with Crippen molar-refractivity contribution in [3.05, 3.63) is 59.7 Å². The quantitative estimate of drug-likeness (QED) is 0.769. The zero-order valence-electron chi connectivity index (χ0n) is 11.2. The molecule has 21 heavy (non-hydrogen) atoms. The van der Waals surface area contributed by atoms with Crippen LogP contribution in [0.4, 0.5) is 14.6 Å². The molecule has 0 aliphatic carbocycles. The van der Waals surface area contributed by atoms with Crippen LogP contribution in [-0.4, -0.2) is 5.16 Å². The van der Waals surface area contributed by atoms with Crippen molar-refractivity contribution in [3.63, 3.8) is 0 Å². The number of anilines is 1. The fraction of sp³-hybridized carbons (Fsp3) is 0.0625. The fourth-order valence-corrected chi connectivity index (χ4v) is 2.16. The standard InChI is InChI=1S/C16H12F2N2O/c1-9-2-4-10(5-3-9)15-14(16(19)20-21-15)12-7-6-11(17)8-13(12)18/h2-8H,1H3,(H2,19,20). The Bertz CT molecular complexity index is 795. The molecular weight excluding hydrogens is 274 g/mol. The van der Waals surface area contributed by atoms with E-state index in [-0.39, 0.29) is 11.4 Å². The van der Waals surface area contributed by atoms with E-state index < -0.39 is 11.6 Å². The second-order valence-corrected chi connectivity index (χ2v) is 4.76. The van der Waals surface area contributed by atoms with Crippen molar-refractivity contribution in [1.29, 1.82) is 0 Å². The van der Waals surface area contributed by atoms with Gasteiger partial charge >= 0.3 is 0 Å². The number of nitrogens with zero attached hydrogens (tertiary/aromatic N) is 1. The molecule has 0 fully saturated rings. The van der Waals surface area contributed by atoms with E-state index in [4.69, 9.17) is 10.3 Å². The van der Waals surface area contributed by atoms with E-state index >= 15 is 0 Å². The SMILES string of the molecule is Cc1ccc(-c2onc(N)c2-c2ccc(F)cc2F)cc1. The van der Waals surface area contributed by atoms with Gasteiger partial charge in [0.05, 0.1) is 5.56 Å². The Morgan fingerprint density at radius 1 is 1.05 bits per heavy atom. The first kappa shape index (κ1) is 13.3. The van der Waals surface area contributed by atoms with E-state index in [1.54, 1.807) is 0 Å². The Balaban J connectivity index is 2.19. The molecule has 5 heteroatoms. The number of aromatic nitrogens is 1. The molecule has 1 aromatic heterocycles. The van der Waals surface area contributed by atoms with E-state index in [1.807, 2.05) is 31.2 Å². The van der Waals surface area contributed by atoms with Gasteiger partial charge in [-0.25, -0.2) is 8.78 Å². The van der Waals surface area contributed by atoms with Crippen LogP contribution < -0.4 is 5.73 Å². The van der Waals surface area contributed by atoms with E-state index in [0.29, 0.717) is 11.3 Å². The van der Waals surface area contributed by atoms with Crippen LogP contribution in [0.2, 0.25) is 0 Å². The maximum atomic E-state index is 14.0. The molecular formula is C16H12F2N2O. The van der Waals surface area contributed by atoms with Gasteiger partial charge in [-0.1, -0.05) is 35.0 Å². The van der Waals surface area contributed by atoms with Crippen molar-refractivity contribution in [3.8, 4) is 22.5 Å². The van der Waals surface area contributed by atoms with Crippen molar-refractivity contribution in [2.75, 3.05) is 5.73 Å². The maximum absolute atomic E-state index is 14.0. The summed E-state index contributed by atoms with van der Waals surface area (Å²) in [6.07, 6.45) is 0. The molecule has 0 saturated carbocycles. The summed E-state index contributed by atoms with van der Waals surface area (Å²) in [6, 6.07) is 10.8. The predicted molar refractivity (Wildman–Crippen MR) is 76.4 cm³/mol. The highest BCUT2D eigenvalue weighted by Gasteiger charge is 2.20. The van der Waals surface area contributed by atoms with Gasteiger partial charge in [-0.05, 0) is 19.1 Å². The van der Waals surface area contributed by atoms with Crippen LogP contribution in [0.25, 0.3) is 22.5 Å². The second kappa shape index (κ2) is 5.01. The number of hydrogen-bond donors (Lipinski definition) is 1. The topological polar surface area (TPSA) is 52.0 Å². The van der Waals surface area contributed by atoms with E-state index in [0.717, 1.165) is 17.2 Å². The molecule has 0 aliphatic rings. The van der Waals surface area contributed by atoms with Crippen molar-refractivity contribution >= 4 is 5.82 Å². The van der Waals surface area contributed by atoms with Gasteiger partial charge in [-0.15, -0.1) is 0 Å². The van der Waals surface area contributed by atoms with Crippen LogP contribution in [-0.2, 0) is 0 Å². The first-order chi connectivity index (χ1) is 10.1. The van der Waals surface area contributed by atoms with Crippen LogP contribution in [0.15, 0.2) is 47.0 Å². The van der Waals surface area contributed by atoms with Crippen molar-refractivity contribution in [2.24, 2.45) is 0 Å². The summed E-state index contributed by atoms with van der Waals surface area (Å²) < 4.78 is 32.3. The lowest BCUT2D eigenvalue weighted by molar-refractivity contribution is 0.436. The zero-order chi connectivity index (χ0) is 15.0. The molecule has 0 radical (unpaired) electrons. The number of rotatable bonds is 2. The molecule has 3 nitrogen and oxygen atoms in total. The van der Waals surface area contributed by atoms with Crippen LogP contribution >= 0.6 is 0 Å². The van der Waals surface area contributed by atoms with Gasteiger partial charge in [0.1, 0.15) is 11.6 Å². The van der Waals surface area contributed by atoms with E-state index in [1.165, 1.54) is 12.1 Å². The summed E-state index contributed by atoms with van der Waals surface area (Å²) in [5.41, 5.74) is 8.08. The van der Waals surface area contributed by atoms with Gasteiger partial charge in [0.25, 0.3) is 0 Å².